The zero-order valence-electron chi connectivity index (χ0n) is 14.1. The second kappa shape index (κ2) is 7.47. The quantitative estimate of drug-likeness (QED) is 0.923. The molecule has 122 valence electrons. The average Bonchev–Trinajstić information content (AvgIpc) is 2.57. The molecule has 2 aliphatic heterocycles. The number of rotatable bonds is 4. The highest BCUT2D eigenvalue weighted by Gasteiger charge is 2.22. The Hall–Kier alpha value is -1.06. The molecule has 0 aromatic heterocycles. The number of hydrogen-bond acceptors (Lipinski definition) is 3. The number of nitrogens with zero attached hydrogens (tertiary/aromatic N) is 1. The van der Waals surface area contributed by atoms with Crippen molar-refractivity contribution >= 4 is 5.69 Å². The fourth-order valence-corrected chi connectivity index (χ4v) is 3.69. The zero-order chi connectivity index (χ0) is 15.4. The molecular formula is C19H30N2O. The van der Waals surface area contributed by atoms with Crippen LogP contribution in [-0.4, -0.2) is 38.9 Å². The Balaban J connectivity index is 1.47. The second-order valence-electron chi connectivity index (χ2n) is 6.94. The molecule has 3 rings (SSSR count). The van der Waals surface area contributed by atoms with Crippen molar-refractivity contribution in [2.75, 3.05) is 37.7 Å². The van der Waals surface area contributed by atoms with Gasteiger partial charge in [-0.3, -0.25) is 0 Å². The predicted octanol–water partition coefficient (Wildman–Crippen LogP) is 3.29. The minimum atomic E-state index is 0.698. The van der Waals surface area contributed by atoms with Crippen molar-refractivity contribution in [1.29, 1.82) is 0 Å². The second-order valence-corrected chi connectivity index (χ2v) is 6.94. The molecule has 0 spiro atoms. The number of aryl methyl sites for hydroxylation is 1. The van der Waals surface area contributed by atoms with E-state index in [0.29, 0.717) is 6.04 Å². The summed E-state index contributed by atoms with van der Waals surface area (Å²) < 4.78 is 5.44. The van der Waals surface area contributed by atoms with E-state index in [1.807, 2.05) is 0 Å². The molecular weight excluding hydrogens is 272 g/mol. The highest BCUT2D eigenvalue weighted by atomic mass is 16.5. The van der Waals surface area contributed by atoms with Crippen LogP contribution in [0.25, 0.3) is 0 Å². The van der Waals surface area contributed by atoms with Crippen LogP contribution in [0.3, 0.4) is 0 Å². The first-order valence-electron chi connectivity index (χ1n) is 8.86. The third-order valence-electron chi connectivity index (χ3n) is 5.45. The van der Waals surface area contributed by atoms with Crippen molar-refractivity contribution in [2.45, 2.75) is 45.6 Å². The summed E-state index contributed by atoms with van der Waals surface area (Å²) in [6.45, 7) is 9.90. The van der Waals surface area contributed by atoms with Gasteiger partial charge in [0, 0.05) is 38.0 Å². The summed E-state index contributed by atoms with van der Waals surface area (Å²) in [7, 11) is 0. The molecule has 0 aliphatic carbocycles. The number of piperidine rings is 1. The van der Waals surface area contributed by atoms with Gasteiger partial charge in [0.05, 0.1) is 0 Å². The van der Waals surface area contributed by atoms with E-state index in [2.05, 4.69) is 42.3 Å². The molecule has 0 bridgehead atoms. The first-order chi connectivity index (χ1) is 10.7. The summed E-state index contributed by atoms with van der Waals surface area (Å²) in [5.41, 5.74) is 4.27. The van der Waals surface area contributed by atoms with E-state index in [1.54, 1.807) is 0 Å². The van der Waals surface area contributed by atoms with Crippen molar-refractivity contribution in [2.24, 2.45) is 5.92 Å². The molecule has 2 saturated heterocycles. The lowest BCUT2D eigenvalue weighted by atomic mass is 9.98. The standard InChI is InChI=1S/C19H30N2O/c1-15-4-3-5-19(16(15)2)21-10-6-18(7-11-21)20-14-17-8-12-22-13-9-17/h3-5,17-18,20H,6-14H2,1-2H3. The van der Waals surface area contributed by atoms with Crippen LogP contribution in [0.5, 0.6) is 0 Å². The van der Waals surface area contributed by atoms with E-state index in [9.17, 15) is 0 Å². The smallest absolute Gasteiger partial charge is 0.0469 e. The maximum atomic E-state index is 5.44. The first kappa shape index (κ1) is 15.8. The lowest BCUT2D eigenvalue weighted by Crippen LogP contribution is -2.44. The van der Waals surface area contributed by atoms with E-state index in [0.717, 1.165) is 19.1 Å². The Bertz CT molecular complexity index is 474. The summed E-state index contributed by atoms with van der Waals surface area (Å²) in [6, 6.07) is 7.37. The van der Waals surface area contributed by atoms with Gasteiger partial charge in [0.2, 0.25) is 0 Å². The topological polar surface area (TPSA) is 24.5 Å². The Morgan fingerprint density at radius 3 is 2.55 bits per heavy atom. The van der Waals surface area contributed by atoms with Gasteiger partial charge in [0.25, 0.3) is 0 Å². The number of nitrogens with one attached hydrogen (secondary N) is 1. The van der Waals surface area contributed by atoms with Crippen molar-refractivity contribution in [3.8, 4) is 0 Å². The fourth-order valence-electron chi connectivity index (χ4n) is 3.69. The number of hydrogen-bond donors (Lipinski definition) is 1. The summed E-state index contributed by atoms with van der Waals surface area (Å²) >= 11 is 0. The zero-order valence-corrected chi connectivity index (χ0v) is 14.1. The number of anilines is 1. The van der Waals surface area contributed by atoms with Crippen LogP contribution in [0.4, 0.5) is 5.69 Å². The van der Waals surface area contributed by atoms with Crippen LogP contribution in [-0.2, 0) is 4.74 Å². The van der Waals surface area contributed by atoms with Crippen LogP contribution in [0.15, 0.2) is 18.2 Å². The molecule has 1 aromatic rings. The third-order valence-corrected chi connectivity index (χ3v) is 5.45. The summed E-state index contributed by atoms with van der Waals surface area (Å²) in [4.78, 5) is 2.56. The Morgan fingerprint density at radius 2 is 1.82 bits per heavy atom. The number of ether oxygens (including phenoxy) is 1. The van der Waals surface area contributed by atoms with Crippen LogP contribution >= 0.6 is 0 Å². The summed E-state index contributed by atoms with van der Waals surface area (Å²) in [5.74, 6) is 0.825. The molecule has 2 aliphatic rings. The van der Waals surface area contributed by atoms with E-state index in [4.69, 9.17) is 4.74 Å². The molecule has 0 saturated carbocycles. The van der Waals surface area contributed by atoms with Gasteiger partial charge in [0.15, 0.2) is 0 Å². The molecule has 3 heteroatoms. The lowest BCUT2D eigenvalue weighted by molar-refractivity contribution is 0.0651. The molecule has 22 heavy (non-hydrogen) atoms. The molecule has 2 fully saturated rings. The maximum Gasteiger partial charge on any atom is 0.0469 e. The van der Waals surface area contributed by atoms with E-state index in [-0.39, 0.29) is 0 Å². The fraction of sp³-hybridized carbons (Fsp3) is 0.684. The average molecular weight is 302 g/mol. The normalized spacial score (nSPS) is 21.3. The largest absolute Gasteiger partial charge is 0.381 e. The van der Waals surface area contributed by atoms with E-state index < -0.39 is 0 Å². The third kappa shape index (κ3) is 3.82. The molecule has 0 atom stereocenters. The molecule has 0 unspecified atom stereocenters. The molecule has 2 heterocycles. The monoisotopic (exact) mass is 302 g/mol. The Kier molecular flexibility index (Phi) is 5.37. The molecule has 1 aromatic carbocycles. The molecule has 3 nitrogen and oxygen atoms in total. The molecule has 1 N–H and O–H groups in total. The van der Waals surface area contributed by atoms with Gasteiger partial charge in [0.1, 0.15) is 0 Å². The minimum Gasteiger partial charge on any atom is -0.381 e. The highest BCUT2D eigenvalue weighted by Crippen LogP contribution is 2.26. The van der Waals surface area contributed by atoms with Crippen LogP contribution < -0.4 is 10.2 Å². The highest BCUT2D eigenvalue weighted by molar-refractivity contribution is 5.56. The minimum absolute atomic E-state index is 0.698. The number of benzene rings is 1. The van der Waals surface area contributed by atoms with Gasteiger partial charge in [-0.1, -0.05) is 12.1 Å². The van der Waals surface area contributed by atoms with Crippen molar-refractivity contribution in [3.05, 3.63) is 29.3 Å². The van der Waals surface area contributed by atoms with Crippen molar-refractivity contribution < 1.29 is 4.74 Å². The maximum absolute atomic E-state index is 5.44. The van der Waals surface area contributed by atoms with E-state index >= 15 is 0 Å². The van der Waals surface area contributed by atoms with Gasteiger partial charge >= 0.3 is 0 Å². The van der Waals surface area contributed by atoms with Gasteiger partial charge < -0.3 is 15.0 Å². The van der Waals surface area contributed by atoms with Crippen LogP contribution in [0, 0.1) is 19.8 Å². The summed E-state index contributed by atoms with van der Waals surface area (Å²) in [5, 5.41) is 3.81. The Labute approximate surface area is 135 Å². The van der Waals surface area contributed by atoms with Crippen molar-refractivity contribution in [1.82, 2.24) is 5.32 Å². The van der Waals surface area contributed by atoms with Crippen LogP contribution in [0.1, 0.15) is 36.8 Å². The first-order valence-corrected chi connectivity index (χ1v) is 8.86. The SMILES string of the molecule is Cc1cccc(N2CCC(NCC3CCOCC3)CC2)c1C. The van der Waals surface area contributed by atoms with Gasteiger partial charge in [-0.2, -0.15) is 0 Å². The van der Waals surface area contributed by atoms with Crippen molar-refractivity contribution in [3.63, 3.8) is 0 Å². The molecule has 0 radical (unpaired) electrons. The summed E-state index contributed by atoms with van der Waals surface area (Å²) in [6.07, 6.45) is 4.98. The van der Waals surface area contributed by atoms with Gasteiger partial charge in [-0.05, 0) is 69.2 Å². The lowest BCUT2D eigenvalue weighted by Gasteiger charge is -2.36. The van der Waals surface area contributed by atoms with Gasteiger partial charge in [-0.25, -0.2) is 0 Å². The van der Waals surface area contributed by atoms with Gasteiger partial charge in [-0.15, -0.1) is 0 Å². The Morgan fingerprint density at radius 1 is 1.09 bits per heavy atom. The van der Waals surface area contributed by atoms with Crippen LogP contribution in [0.2, 0.25) is 0 Å². The van der Waals surface area contributed by atoms with E-state index in [1.165, 1.54) is 62.1 Å². The predicted molar refractivity (Wildman–Crippen MR) is 92.7 cm³/mol. The molecule has 0 amide bonds.